The summed E-state index contributed by atoms with van der Waals surface area (Å²) < 4.78 is 37.5. The number of hydrogen-bond donors (Lipinski definition) is 1. The first kappa shape index (κ1) is 25.2. The van der Waals surface area contributed by atoms with E-state index in [1.807, 2.05) is 12.1 Å². The average molecular weight is 536 g/mol. The molecule has 0 radical (unpaired) electrons. The van der Waals surface area contributed by atoms with E-state index in [-0.39, 0.29) is 27.3 Å². The van der Waals surface area contributed by atoms with E-state index >= 15 is 0 Å². The van der Waals surface area contributed by atoms with Crippen molar-refractivity contribution in [1.29, 1.82) is 0 Å². The van der Waals surface area contributed by atoms with Crippen molar-refractivity contribution >= 4 is 33.6 Å². The Kier molecular flexibility index (Phi) is 6.73. The lowest BCUT2D eigenvalue weighted by Gasteiger charge is -2.17. The first-order valence-corrected chi connectivity index (χ1v) is 12.2. The second kappa shape index (κ2) is 10.1. The van der Waals surface area contributed by atoms with E-state index in [4.69, 9.17) is 18.6 Å². The highest BCUT2D eigenvalue weighted by Gasteiger charge is 2.24. The number of pyridine rings is 1. The molecule has 8 nitrogen and oxygen atoms in total. The lowest BCUT2D eigenvalue weighted by Crippen LogP contribution is -2.23. The molecule has 0 aliphatic carbocycles. The molecule has 10 heteroatoms. The van der Waals surface area contributed by atoms with Crippen LogP contribution in [0.3, 0.4) is 0 Å². The number of rotatable bonds is 7. The SMILES string of the molecule is COc1ccc(Cn2c(=O)c3c(O)c(Sc4ccccc4F)c(=O)oc3c3cc(OC)c(OC)cc32)cc1. The Morgan fingerprint density at radius 3 is 2.29 bits per heavy atom. The summed E-state index contributed by atoms with van der Waals surface area (Å²) in [6.07, 6.45) is 0. The van der Waals surface area contributed by atoms with Gasteiger partial charge in [-0.15, -0.1) is 0 Å². The summed E-state index contributed by atoms with van der Waals surface area (Å²) in [4.78, 5) is 26.7. The van der Waals surface area contributed by atoms with Gasteiger partial charge in [0.2, 0.25) is 0 Å². The molecule has 1 N–H and O–H groups in total. The highest BCUT2D eigenvalue weighted by molar-refractivity contribution is 7.99. The van der Waals surface area contributed by atoms with Crippen molar-refractivity contribution in [3.8, 4) is 23.0 Å². The molecule has 5 aromatic rings. The lowest BCUT2D eigenvalue weighted by molar-refractivity contribution is 0.355. The highest BCUT2D eigenvalue weighted by Crippen LogP contribution is 2.40. The number of fused-ring (bicyclic) bond motifs is 3. The Hall–Kier alpha value is -4.44. The fourth-order valence-electron chi connectivity index (χ4n) is 4.21. The zero-order chi connectivity index (χ0) is 27.0. The third-order valence-corrected chi connectivity index (χ3v) is 7.22. The van der Waals surface area contributed by atoms with Gasteiger partial charge in [-0.2, -0.15) is 0 Å². The van der Waals surface area contributed by atoms with Crippen LogP contribution in [0.2, 0.25) is 0 Å². The molecule has 194 valence electrons. The largest absolute Gasteiger partial charge is 0.505 e. The topological polar surface area (TPSA) is 100 Å². The van der Waals surface area contributed by atoms with Gasteiger partial charge in [0.25, 0.3) is 5.56 Å². The molecule has 0 saturated heterocycles. The van der Waals surface area contributed by atoms with Crippen molar-refractivity contribution in [2.75, 3.05) is 21.3 Å². The van der Waals surface area contributed by atoms with Crippen LogP contribution in [0.5, 0.6) is 23.0 Å². The maximum absolute atomic E-state index is 14.3. The molecule has 2 heterocycles. The number of ether oxygens (including phenoxy) is 3. The van der Waals surface area contributed by atoms with Gasteiger partial charge in [-0.1, -0.05) is 36.0 Å². The van der Waals surface area contributed by atoms with E-state index in [2.05, 4.69) is 0 Å². The van der Waals surface area contributed by atoms with Gasteiger partial charge < -0.3 is 28.3 Å². The molecule has 38 heavy (non-hydrogen) atoms. The Morgan fingerprint density at radius 2 is 1.63 bits per heavy atom. The summed E-state index contributed by atoms with van der Waals surface area (Å²) in [5.41, 5.74) is -0.453. The molecule has 0 amide bonds. The third kappa shape index (κ3) is 4.32. The molecule has 0 atom stereocenters. The average Bonchev–Trinajstić information content (AvgIpc) is 2.93. The lowest BCUT2D eigenvalue weighted by atomic mass is 10.1. The predicted octanol–water partition coefficient (Wildman–Crippen LogP) is 5.18. The van der Waals surface area contributed by atoms with Crippen LogP contribution < -0.4 is 25.4 Å². The smallest absolute Gasteiger partial charge is 0.354 e. The van der Waals surface area contributed by atoms with Crippen LogP contribution in [-0.4, -0.2) is 31.0 Å². The van der Waals surface area contributed by atoms with Crippen LogP contribution in [0.15, 0.2) is 84.5 Å². The van der Waals surface area contributed by atoms with Crippen molar-refractivity contribution in [2.45, 2.75) is 16.3 Å². The van der Waals surface area contributed by atoms with Gasteiger partial charge in [0, 0.05) is 16.3 Å². The fraction of sp³-hybridized carbons (Fsp3) is 0.143. The third-order valence-electron chi connectivity index (χ3n) is 6.10. The molecular formula is C28H22FNO7S. The molecule has 0 fully saturated rings. The van der Waals surface area contributed by atoms with Gasteiger partial charge in [-0.3, -0.25) is 4.79 Å². The molecule has 0 unspecified atom stereocenters. The van der Waals surface area contributed by atoms with Crippen LogP contribution in [0.4, 0.5) is 4.39 Å². The highest BCUT2D eigenvalue weighted by atomic mass is 32.2. The summed E-state index contributed by atoms with van der Waals surface area (Å²) in [6, 6.07) is 16.1. The van der Waals surface area contributed by atoms with Crippen LogP contribution in [0, 0.1) is 5.82 Å². The van der Waals surface area contributed by atoms with Crippen LogP contribution in [-0.2, 0) is 6.54 Å². The van der Waals surface area contributed by atoms with Crippen LogP contribution in [0.1, 0.15) is 5.56 Å². The molecule has 0 aliphatic rings. The molecule has 0 saturated carbocycles. The number of nitrogens with zero attached hydrogens (tertiary/aromatic N) is 1. The summed E-state index contributed by atoms with van der Waals surface area (Å²) in [5.74, 6) is 0.187. The number of methoxy groups -OCH3 is 3. The Balaban J connectivity index is 1.82. The summed E-state index contributed by atoms with van der Waals surface area (Å²) in [7, 11) is 4.48. The number of halogens is 1. The molecular weight excluding hydrogens is 513 g/mol. The van der Waals surface area contributed by atoms with E-state index in [1.165, 1.54) is 37.0 Å². The maximum Gasteiger partial charge on any atom is 0.354 e. The molecule has 0 bridgehead atoms. The van der Waals surface area contributed by atoms with Crippen molar-refractivity contribution in [3.05, 3.63) is 92.8 Å². The first-order valence-electron chi connectivity index (χ1n) is 11.4. The van der Waals surface area contributed by atoms with Gasteiger partial charge in [0.15, 0.2) is 22.8 Å². The van der Waals surface area contributed by atoms with E-state index in [9.17, 15) is 19.1 Å². The molecule has 5 rings (SSSR count). The zero-order valence-electron chi connectivity index (χ0n) is 20.6. The second-order valence-electron chi connectivity index (χ2n) is 8.27. The number of benzene rings is 3. The quantitative estimate of drug-likeness (QED) is 0.285. The maximum atomic E-state index is 14.3. The van der Waals surface area contributed by atoms with Gasteiger partial charge in [-0.05, 0) is 35.9 Å². The number of aromatic hydroxyl groups is 1. The van der Waals surface area contributed by atoms with E-state index in [0.717, 1.165) is 5.56 Å². The molecule has 2 aromatic heterocycles. The standard InChI is InChI=1S/C28H22FNO7S/c1-34-16-10-8-15(9-11-16)14-30-19-13-21(36-3)20(35-2)12-17(19)25-23(27(30)32)24(31)26(28(33)37-25)38-22-7-5-4-6-18(22)29/h4-13,31H,14H2,1-3H3. The van der Waals surface area contributed by atoms with Crippen molar-refractivity contribution in [3.63, 3.8) is 0 Å². The van der Waals surface area contributed by atoms with Gasteiger partial charge in [-0.25, -0.2) is 9.18 Å². The zero-order valence-corrected chi connectivity index (χ0v) is 21.4. The second-order valence-corrected chi connectivity index (χ2v) is 9.32. The minimum atomic E-state index is -0.911. The molecule has 0 aliphatic heterocycles. The Morgan fingerprint density at radius 1 is 0.947 bits per heavy atom. The van der Waals surface area contributed by atoms with Crippen molar-refractivity contribution < 1.29 is 28.1 Å². The van der Waals surface area contributed by atoms with Crippen LogP contribution in [0.25, 0.3) is 21.9 Å². The number of hydrogen-bond acceptors (Lipinski definition) is 8. The van der Waals surface area contributed by atoms with Gasteiger partial charge in [0.05, 0.1) is 33.4 Å². The normalized spacial score (nSPS) is 11.2. The minimum absolute atomic E-state index is 0.0974. The Labute approximate surface area is 219 Å². The summed E-state index contributed by atoms with van der Waals surface area (Å²) >= 11 is 0.686. The van der Waals surface area contributed by atoms with Gasteiger partial charge >= 0.3 is 5.63 Å². The summed E-state index contributed by atoms with van der Waals surface area (Å²) in [5, 5.41) is 11.4. The summed E-state index contributed by atoms with van der Waals surface area (Å²) in [6.45, 7) is 0.124. The van der Waals surface area contributed by atoms with E-state index in [0.29, 0.717) is 39.9 Å². The van der Waals surface area contributed by atoms with Crippen molar-refractivity contribution in [1.82, 2.24) is 4.57 Å². The Bertz CT molecular complexity index is 1800. The van der Waals surface area contributed by atoms with Gasteiger partial charge in [0.1, 0.15) is 21.8 Å². The van der Waals surface area contributed by atoms with E-state index in [1.54, 1.807) is 37.4 Å². The molecule has 3 aromatic carbocycles. The molecule has 0 spiro atoms. The number of aromatic nitrogens is 1. The predicted molar refractivity (Wildman–Crippen MR) is 142 cm³/mol. The fourth-order valence-corrected chi connectivity index (χ4v) is 5.07. The monoisotopic (exact) mass is 535 g/mol. The van der Waals surface area contributed by atoms with Crippen LogP contribution >= 0.6 is 11.8 Å². The minimum Gasteiger partial charge on any atom is -0.505 e. The first-order chi connectivity index (χ1) is 18.4. The van der Waals surface area contributed by atoms with E-state index < -0.39 is 22.8 Å². The van der Waals surface area contributed by atoms with Crippen molar-refractivity contribution in [2.24, 2.45) is 0 Å².